The van der Waals surface area contributed by atoms with Crippen LogP contribution in [0.5, 0.6) is 0 Å². The summed E-state index contributed by atoms with van der Waals surface area (Å²) >= 11 is 0. The number of rotatable bonds is 7. The second-order valence-electron chi connectivity index (χ2n) is 5.96. The Bertz CT molecular complexity index is 722. The Morgan fingerprint density at radius 2 is 1.69 bits per heavy atom. The molecule has 1 unspecified atom stereocenters. The van der Waals surface area contributed by atoms with Gasteiger partial charge in [0.25, 0.3) is 0 Å². The summed E-state index contributed by atoms with van der Waals surface area (Å²) < 4.78 is 0. The lowest BCUT2D eigenvalue weighted by Gasteiger charge is -2.21. The second-order valence-corrected chi connectivity index (χ2v) is 5.96. The van der Waals surface area contributed by atoms with Crippen LogP contribution in [-0.2, 0) is 16.1 Å². The standard InChI is InChI=1S/C20H25N3O2.ClH/c1-3-23(15(2)24)14-17-11-7-8-12-19(17)22-20(25)13-18(21)16-9-5-4-6-10-16;/h4-12,18H,3,13-14,21H2,1-2H3,(H,22,25);1H. The van der Waals surface area contributed by atoms with Crippen molar-refractivity contribution in [3.63, 3.8) is 0 Å². The number of carbonyl (C=O) groups is 2. The molecule has 0 radical (unpaired) electrons. The Labute approximate surface area is 161 Å². The third kappa shape index (κ3) is 6.17. The average Bonchev–Trinajstić information content (AvgIpc) is 2.61. The van der Waals surface area contributed by atoms with Gasteiger partial charge in [0.1, 0.15) is 0 Å². The number of amides is 2. The lowest BCUT2D eigenvalue weighted by molar-refractivity contribution is -0.129. The van der Waals surface area contributed by atoms with Gasteiger partial charge in [-0.05, 0) is 24.1 Å². The van der Waals surface area contributed by atoms with E-state index in [1.54, 1.807) is 11.8 Å². The number of carbonyl (C=O) groups excluding carboxylic acids is 2. The summed E-state index contributed by atoms with van der Waals surface area (Å²) in [5, 5.41) is 2.92. The van der Waals surface area contributed by atoms with Crippen molar-refractivity contribution in [2.45, 2.75) is 32.9 Å². The molecule has 2 amide bonds. The van der Waals surface area contributed by atoms with Gasteiger partial charge < -0.3 is 16.0 Å². The maximum Gasteiger partial charge on any atom is 0.226 e. The Hall–Kier alpha value is -2.37. The minimum absolute atomic E-state index is 0. The van der Waals surface area contributed by atoms with E-state index >= 15 is 0 Å². The van der Waals surface area contributed by atoms with Gasteiger partial charge in [-0.15, -0.1) is 12.4 Å². The molecule has 140 valence electrons. The number of hydrogen-bond acceptors (Lipinski definition) is 3. The molecular formula is C20H26ClN3O2. The van der Waals surface area contributed by atoms with Crippen molar-refractivity contribution in [3.05, 3.63) is 65.7 Å². The molecule has 0 aromatic heterocycles. The van der Waals surface area contributed by atoms with Gasteiger partial charge in [0.2, 0.25) is 11.8 Å². The second kappa shape index (κ2) is 10.6. The van der Waals surface area contributed by atoms with Gasteiger partial charge in [-0.3, -0.25) is 9.59 Å². The van der Waals surface area contributed by atoms with Crippen molar-refractivity contribution >= 4 is 29.9 Å². The molecular weight excluding hydrogens is 350 g/mol. The van der Waals surface area contributed by atoms with E-state index in [9.17, 15) is 9.59 Å². The van der Waals surface area contributed by atoms with Crippen molar-refractivity contribution < 1.29 is 9.59 Å². The number of nitrogens with zero attached hydrogens (tertiary/aromatic N) is 1. The van der Waals surface area contributed by atoms with Crippen LogP contribution in [0.3, 0.4) is 0 Å². The van der Waals surface area contributed by atoms with Crippen LogP contribution in [-0.4, -0.2) is 23.3 Å². The summed E-state index contributed by atoms with van der Waals surface area (Å²) in [7, 11) is 0. The number of para-hydroxylation sites is 1. The van der Waals surface area contributed by atoms with Gasteiger partial charge in [-0.2, -0.15) is 0 Å². The van der Waals surface area contributed by atoms with E-state index in [1.807, 2.05) is 61.5 Å². The first-order chi connectivity index (χ1) is 12.0. The highest BCUT2D eigenvalue weighted by molar-refractivity contribution is 5.92. The van der Waals surface area contributed by atoms with Crippen molar-refractivity contribution in [1.82, 2.24) is 4.90 Å². The topological polar surface area (TPSA) is 75.4 Å². The highest BCUT2D eigenvalue weighted by Gasteiger charge is 2.14. The fourth-order valence-electron chi connectivity index (χ4n) is 2.65. The predicted molar refractivity (Wildman–Crippen MR) is 107 cm³/mol. The zero-order valence-corrected chi connectivity index (χ0v) is 16.0. The molecule has 6 heteroatoms. The van der Waals surface area contributed by atoms with E-state index in [1.165, 1.54) is 0 Å². The molecule has 0 spiro atoms. The van der Waals surface area contributed by atoms with Crippen LogP contribution in [0.1, 0.15) is 37.4 Å². The van der Waals surface area contributed by atoms with Crippen molar-refractivity contribution in [1.29, 1.82) is 0 Å². The summed E-state index contributed by atoms with van der Waals surface area (Å²) in [4.78, 5) is 25.7. The van der Waals surface area contributed by atoms with Crippen LogP contribution in [0.25, 0.3) is 0 Å². The number of nitrogens with one attached hydrogen (secondary N) is 1. The molecule has 0 bridgehead atoms. The Morgan fingerprint density at radius 1 is 1.08 bits per heavy atom. The average molecular weight is 376 g/mol. The lowest BCUT2D eigenvalue weighted by Crippen LogP contribution is -2.28. The molecule has 2 aromatic carbocycles. The predicted octanol–water partition coefficient (Wildman–Crippen LogP) is 3.51. The molecule has 3 N–H and O–H groups in total. The number of nitrogens with two attached hydrogens (primary N) is 1. The molecule has 1 atom stereocenters. The summed E-state index contributed by atoms with van der Waals surface area (Å²) in [6.45, 7) is 4.56. The maximum atomic E-state index is 12.4. The molecule has 0 aliphatic carbocycles. The van der Waals surface area contributed by atoms with E-state index < -0.39 is 0 Å². The molecule has 2 aromatic rings. The summed E-state index contributed by atoms with van der Waals surface area (Å²) in [6.07, 6.45) is 0.197. The monoisotopic (exact) mass is 375 g/mol. The van der Waals surface area contributed by atoms with E-state index in [0.717, 1.165) is 11.1 Å². The van der Waals surface area contributed by atoms with Gasteiger partial charge in [-0.1, -0.05) is 48.5 Å². The van der Waals surface area contributed by atoms with E-state index in [4.69, 9.17) is 5.73 Å². The first-order valence-corrected chi connectivity index (χ1v) is 8.45. The van der Waals surface area contributed by atoms with Gasteiger partial charge >= 0.3 is 0 Å². The zero-order valence-electron chi connectivity index (χ0n) is 15.1. The minimum atomic E-state index is -0.349. The van der Waals surface area contributed by atoms with Gasteiger partial charge in [0.05, 0.1) is 0 Å². The largest absolute Gasteiger partial charge is 0.339 e. The number of anilines is 1. The molecule has 2 rings (SSSR count). The molecule has 0 aliphatic rings. The Balaban J connectivity index is 0.00000338. The van der Waals surface area contributed by atoms with E-state index in [0.29, 0.717) is 18.8 Å². The summed E-state index contributed by atoms with van der Waals surface area (Å²) in [5.41, 5.74) is 8.67. The quantitative estimate of drug-likeness (QED) is 0.777. The van der Waals surface area contributed by atoms with Crippen molar-refractivity contribution in [2.24, 2.45) is 5.73 Å². The van der Waals surface area contributed by atoms with Crippen molar-refractivity contribution in [3.8, 4) is 0 Å². The van der Waals surface area contributed by atoms with E-state index in [-0.39, 0.29) is 36.7 Å². The molecule has 0 fully saturated rings. The highest BCUT2D eigenvalue weighted by atomic mass is 35.5. The Morgan fingerprint density at radius 3 is 2.31 bits per heavy atom. The molecule has 26 heavy (non-hydrogen) atoms. The fraction of sp³-hybridized carbons (Fsp3) is 0.300. The van der Waals surface area contributed by atoms with Crippen LogP contribution in [0.4, 0.5) is 5.69 Å². The number of benzene rings is 2. The maximum absolute atomic E-state index is 12.4. The molecule has 0 aliphatic heterocycles. The van der Waals surface area contributed by atoms with Crippen LogP contribution in [0, 0.1) is 0 Å². The zero-order chi connectivity index (χ0) is 18.2. The van der Waals surface area contributed by atoms with Gasteiger partial charge in [-0.25, -0.2) is 0 Å². The lowest BCUT2D eigenvalue weighted by atomic mass is 10.0. The Kier molecular flexibility index (Phi) is 8.82. The van der Waals surface area contributed by atoms with Gasteiger partial charge in [0, 0.05) is 38.2 Å². The number of hydrogen-bond donors (Lipinski definition) is 2. The highest BCUT2D eigenvalue weighted by Crippen LogP contribution is 2.19. The SMILES string of the molecule is CCN(Cc1ccccc1NC(=O)CC(N)c1ccccc1)C(C)=O.Cl. The van der Waals surface area contributed by atoms with E-state index in [2.05, 4.69) is 5.32 Å². The molecule has 0 saturated heterocycles. The first-order valence-electron chi connectivity index (χ1n) is 8.45. The summed E-state index contributed by atoms with van der Waals surface area (Å²) in [5.74, 6) is -0.135. The van der Waals surface area contributed by atoms with Gasteiger partial charge in [0.15, 0.2) is 0 Å². The molecule has 5 nitrogen and oxygen atoms in total. The molecule has 0 saturated carbocycles. The minimum Gasteiger partial charge on any atom is -0.339 e. The number of halogens is 1. The molecule has 0 heterocycles. The third-order valence-electron chi connectivity index (χ3n) is 4.11. The van der Waals surface area contributed by atoms with Crippen LogP contribution in [0.15, 0.2) is 54.6 Å². The third-order valence-corrected chi connectivity index (χ3v) is 4.11. The van der Waals surface area contributed by atoms with Crippen LogP contribution < -0.4 is 11.1 Å². The van der Waals surface area contributed by atoms with Crippen molar-refractivity contribution in [2.75, 3.05) is 11.9 Å². The normalized spacial score (nSPS) is 11.2. The summed E-state index contributed by atoms with van der Waals surface area (Å²) in [6, 6.07) is 16.7. The first kappa shape index (κ1) is 21.7. The van der Waals surface area contributed by atoms with Crippen LogP contribution in [0.2, 0.25) is 0 Å². The fourth-order valence-corrected chi connectivity index (χ4v) is 2.65. The van der Waals surface area contributed by atoms with Crippen LogP contribution >= 0.6 is 12.4 Å². The smallest absolute Gasteiger partial charge is 0.226 e.